The lowest BCUT2D eigenvalue weighted by Crippen LogP contribution is -2.49. The molecule has 0 N–H and O–H groups in total. The molecule has 3 saturated heterocycles. The van der Waals surface area contributed by atoms with E-state index in [1.165, 1.54) is 5.56 Å². The molecule has 16 heteroatoms. The highest BCUT2D eigenvalue weighted by atomic mass is 32.1. The molecule has 326 valence electrons. The van der Waals surface area contributed by atoms with E-state index in [0.29, 0.717) is 29.9 Å². The number of piperidine rings is 1. The van der Waals surface area contributed by atoms with E-state index in [-0.39, 0.29) is 6.10 Å². The maximum atomic E-state index is 9.88. The van der Waals surface area contributed by atoms with Crippen molar-refractivity contribution in [1.82, 2.24) is 39.7 Å². The van der Waals surface area contributed by atoms with Gasteiger partial charge < -0.3 is 19.3 Å². The highest BCUT2D eigenvalue weighted by Crippen LogP contribution is 2.33. The van der Waals surface area contributed by atoms with Crippen LogP contribution in [0.1, 0.15) is 51.6 Å². The molecule has 2 unspecified atom stereocenters. The third-order valence-corrected chi connectivity index (χ3v) is 14.0. The van der Waals surface area contributed by atoms with Crippen molar-refractivity contribution in [3.63, 3.8) is 0 Å². The Hall–Kier alpha value is -5.98. The van der Waals surface area contributed by atoms with Crippen molar-refractivity contribution < 1.29 is 9.47 Å². The molecular formula is C48H50N12O2S2. The van der Waals surface area contributed by atoms with Gasteiger partial charge in [0.05, 0.1) is 69.9 Å². The van der Waals surface area contributed by atoms with Crippen molar-refractivity contribution in [2.75, 3.05) is 88.5 Å². The number of para-hydroxylation sites is 2. The molecule has 3 aliphatic rings. The van der Waals surface area contributed by atoms with Crippen molar-refractivity contribution in [1.29, 1.82) is 10.5 Å². The first-order valence-corrected chi connectivity index (χ1v) is 23.6. The van der Waals surface area contributed by atoms with Gasteiger partial charge >= 0.3 is 0 Å². The molecule has 0 saturated carbocycles. The fourth-order valence-electron chi connectivity index (χ4n) is 8.16. The second-order valence-corrected chi connectivity index (χ2v) is 18.1. The number of fused-ring (bicyclic) bond motifs is 2. The van der Waals surface area contributed by atoms with Crippen LogP contribution in [0.15, 0.2) is 103 Å². The number of thiazole rings is 2. The fraction of sp³-hybridized carbons (Fsp3) is 0.375. The maximum Gasteiger partial charge on any atom is 0.225 e. The molecule has 0 bridgehead atoms. The van der Waals surface area contributed by atoms with Crippen molar-refractivity contribution in [3.05, 3.63) is 130 Å². The number of rotatable bonds is 12. The molecule has 0 aliphatic carbocycles. The Morgan fingerprint density at radius 3 is 1.62 bits per heavy atom. The Morgan fingerprint density at radius 2 is 1.09 bits per heavy atom. The molecule has 7 heterocycles. The third kappa shape index (κ3) is 10.7. The summed E-state index contributed by atoms with van der Waals surface area (Å²) in [6, 6.07) is 34.6. The van der Waals surface area contributed by atoms with Crippen LogP contribution in [0.25, 0.3) is 20.4 Å². The first kappa shape index (κ1) is 43.3. The average Bonchev–Trinajstić information content (AvgIpc) is 3.99. The van der Waals surface area contributed by atoms with Gasteiger partial charge in [-0.05, 0) is 54.8 Å². The molecule has 14 nitrogen and oxygen atoms in total. The minimum absolute atomic E-state index is 0.240. The number of anilines is 2. The van der Waals surface area contributed by atoms with Gasteiger partial charge in [-0.15, -0.1) is 22.7 Å². The standard InChI is InChI=1S/C25H23N5OS.C23H27N7OS/c26-16-20(24-28-22-8-4-5-9-23(22)32-24)21-10-13-27-25(29-21)30-14-11-19(12-15-30)31-17-18-6-2-1-3-7-18;24-17-18(22-26-20-3-1-2-4-21(20)32-22)19-5-6-25-23(27-19)30-11-9-28(10-12-30)7-8-29-13-15-31-16-14-29/h1-10,13,19-20H,11-12,14-15,17H2;1-6,18H,7-16H2. The van der Waals surface area contributed by atoms with Crippen LogP contribution in [0.5, 0.6) is 0 Å². The first-order chi connectivity index (χ1) is 31.6. The van der Waals surface area contributed by atoms with Crippen molar-refractivity contribution in [2.45, 2.75) is 37.4 Å². The lowest BCUT2D eigenvalue weighted by molar-refractivity contribution is 0.0249. The molecule has 3 aromatic carbocycles. The SMILES string of the molecule is N#CC(c1ccnc(N2CCC(OCc3ccccc3)CC2)n1)c1nc2ccccc2s1.N#CC(c1ccnc(N2CCN(CCN3CCOCC3)CC2)n1)c1nc2ccccc2s1. The molecule has 0 amide bonds. The Morgan fingerprint density at radius 1 is 0.594 bits per heavy atom. The van der Waals surface area contributed by atoms with Crippen LogP contribution < -0.4 is 9.80 Å². The molecule has 10 rings (SSSR count). The van der Waals surface area contributed by atoms with Gasteiger partial charge in [-0.3, -0.25) is 9.80 Å². The Balaban J connectivity index is 0.000000162. The van der Waals surface area contributed by atoms with E-state index in [4.69, 9.17) is 19.4 Å². The van der Waals surface area contributed by atoms with Crippen LogP contribution in [0.3, 0.4) is 0 Å². The van der Waals surface area contributed by atoms with Gasteiger partial charge in [-0.25, -0.2) is 29.9 Å². The second kappa shape index (κ2) is 21.1. The summed E-state index contributed by atoms with van der Waals surface area (Å²) in [5, 5.41) is 21.3. The van der Waals surface area contributed by atoms with E-state index >= 15 is 0 Å². The Labute approximate surface area is 381 Å². The zero-order valence-corrected chi connectivity index (χ0v) is 37.3. The van der Waals surface area contributed by atoms with E-state index < -0.39 is 11.8 Å². The summed E-state index contributed by atoms with van der Waals surface area (Å²) in [6.45, 7) is 12.1. The van der Waals surface area contributed by atoms with Crippen LogP contribution in [0.4, 0.5) is 11.9 Å². The summed E-state index contributed by atoms with van der Waals surface area (Å²) >= 11 is 3.10. The molecule has 4 aromatic heterocycles. The second-order valence-electron chi connectivity index (χ2n) is 16.0. The van der Waals surface area contributed by atoms with Gasteiger partial charge in [0.15, 0.2) is 0 Å². The van der Waals surface area contributed by atoms with Crippen LogP contribution in [0, 0.1) is 22.7 Å². The molecule has 0 radical (unpaired) electrons. The van der Waals surface area contributed by atoms with Gasteiger partial charge in [0.1, 0.15) is 21.9 Å². The van der Waals surface area contributed by atoms with E-state index in [9.17, 15) is 10.5 Å². The summed E-state index contributed by atoms with van der Waals surface area (Å²) in [4.78, 5) is 37.2. The molecule has 3 fully saturated rings. The quantitative estimate of drug-likeness (QED) is 0.122. The van der Waals surface area contributed by atoms with Gasteiger partial charge in [0.25, 0.3) is 0 Å². The zero-order valence-electron chi connectivity index (χ0n) is 35.7. The number of nitrogens with zero attached hydrogens (tertiary/aromatic N) is 12. The topological polar surface area (TPSA) is 156 Å². The number of hydrogen-bond acceptors (Lipinski definition) is 16. The minimum Gasteiger partial charge on any atom is -0.379 e. The van der Waals surface area contributed by atoms with E-state index in [1.807, 2.05) is 78.9 Å². The summed E-state index contributed by atoms with van der Waals surface area (Å²) in [5.74, 6) is 0.395. The summed E-state index contributed by atoms with van der Waals surface area (Å²) in [6.07, 6.45) is 5.61. The zero-order chi connectivity index (χ0) is 43.5. The smallest absolute Gasteiger partial charge is 0.225 e. The van der Waals surface area contributed by atoms with Crippen LogP contribution in [-0.2, 0) is 16.1 Å². The van der Waals surface area contributed by atoms with Gasteiger partial charge in [0, 0.05) is 77.8 Å². The van der Waals surface area contributed by atoms with Gasteiger partial charge in [-0.1, -0.05) is 54.6 Å². The van der Waals surface area contributed by atoms with E-state index in [2.05, 4.69) is 63.8 Å². The molecule has 7 aromatic rings. The maximum absolute atomic E-state index is 9.88. The molecule has 0 spiro atoms. The van der Waals surface area contributed by atoms with Crippen LogP contribution >= 0.6 is 22.7 Å². The molecule has 64 heavy (non-hydrogen) atoms. The lowest BCUT2D eigenvalue weighted by atomic mass is 10.1. The number of nitriles is 2. The van der Waals surface area contributed by atoms with E-state index in [0.717, 1.165) is 122 Å². The molecule has 2 atom stereocenters. The highest BCUT2D eigenvalue weighted by molar-refractivity contribution is 7.19. The molecule has 3 aliphatic heterocycles. The van der Waals surface area contributed by atoms with Crippen LogP contribution in [0.2, 0.25) is 0 Å². The summed E-state index contributed by atoms with van der Waals surface area (Å²) in [5.41, 5.74) is 4.45. The average molecular weight is 891 g/mol. The van der Waals surface area contributed by atoms with Crippen molar-refractivity contribution in [3.8, 4) is 12.1 Å². The predicted molar refractivity (Wildman–Crippen MR) is 251 cm³/mol. The summed E-state index contributed by atoms with van der Waals surface area (Å²) < 4.78 is 13.7. The summed E-state index contributed by atoms with van der Waals surface area (Å²) in [7, 11) is 0. The minimum atomic E-state index is -0.499. The Bertz CT molecular complexity index is 2610. The fourth-order valence-corrected chi connectivity index (χ4v) is 10.2. The third-order valence-electron chi connectivity index (χ3n) is 11.8. The monoisotopic (exact) mass is 890 g/mol. The predicted octanol–water partition coefficient (Wildman–Crippen LogP) is 7.12. The van der Waals surface area contributed by atoms with Gasteiger partial charge in [0.2, 0.25) is 11.9 Å². The number of piperazine rings is 1. The number of benzene rings is 3. The van der Waals surface area contributed by atoms with Crippen molar-refractivity contribution >= 4 is 55.0 Å². The highest BCUT2D eigenvalue weighted by Gasteiger charge is 2.26. The first-order valence-electron chi connectivity index (χ1n) is 21.9. The van der Waals surface area contributed by atoms with Crippen molar-refractivity contribution in [2.24, 2.45) is 0 Å². The normalized spacial score (nSPS) is 17.3. The largest absolute Gasteiger partial charge is 0.379 e. The number of hydrogen-bond donors (Lipinski definition) is 0. The van der Waals surface area contributed by atoms with E-state index in [1.54, 1.807) is 35.1 Å². The van der Waals surface area contributed by atoms with Gasteiger partial charge in [-0.2, -0.15) is 10.5 Å². The number of ether oxygens (including phenoxy) is 2. The Kier molecular flexibility index (Phi) is 14.3. The van der Waals surface area contributed by atoms with Crippen LogP contribution in [-0.4, -0.2) is 124 Å². The number of morpholine rings is 1. The lowest BCUT2D eigenvalue weighted by Gasteiger charge is -2.36. The number of aromatic nitrogens is 6. The molecular weight excluding hydrogens is 841 g/mol.